The van der Waals surface area contributed by atoms with Crippen LogP contribution in [0.4, 0.5) is 11.4 Å². The molecule has 0 bridgehead atoms. The number of para-hydroxylation sites is 1. The van der Waals surface area contributed by atoms with Crippen LogP contribution in [0.25, 0.3) is 0 Å². The zero-order valence-electron chi connectivity index (χ0n) is 12.8. The fraction of sp³-hybridized carbons (Fsp3) is 0.235. The summed E-state index contributed by atoms with van der Waals surface area (Å²) in [6.07, 6.45) is -0.282. The second-order valence-corrected chi connectivity index (χ2v) is 5.33. The summed E-state index contributed by atoms with van der Waals surface area (Å²) in [5.41, 5.74) is 0.699. The van der Waals surface area contributed by atoms with Gasteiger partial charge in [0.15, 0.2) is 12.5 Å². The normalized spacial score (nSPS) is 19.9. The first-order chi connectivity index (χ1) is 11.7. The molecule has 2 unspecified atom stereocenters. The van der Waals surface area contributed by atoms with E-state index in [4.69, 9.17) is 9.47 Å². The maximum absolute atomic E-state index is 11.3. The van der Waals surface area contributed by atoms with Crippen LogP contribution >= 0.6 is 0 Å². The monoisotopic (exact) mass is 328 g/mol. The molecule has 0 radical (unpaired) electrons. The van der Waals surface area contributed by atoms with Gasteiger partial charge in [0.25, 0.3) is 5.69 Å². The van der Waals surface area contributed by atoms with E-state index in [2.05, 4.69) is 0 Å². The third-order valence-corrected chi connectivity index (χ3v) is 3.73. The lowest BCUT2D eigenvalue weighted by Crippen LogP contribution is -2.31. The largest absolute Gasteiger partial charge is 0.491 e. The number of nitrogens with zero attached hydrogens (tertiary/aromatic N) is 2. The van der Waals surface area contributed by atoms with Crippen LogP contribution < -0.4 is 9.64 Å². The third kappa shape index (κ3) is 3.52. The van der Waals surface area contributed by atoms with Gasteiger partial charge in [-0.2, -0.15) is 0 Å². The second kappa shape index (κ2) is 7.10. The maximum atomic E-state index is 11.3. The first-order valence-corrected chi connectivity index (χ1v) is 7.47. The lowest BCUT2D eigenvalue weighted by molar-refractivity contribution is -0.384. The molecular weight excluding hydrogens is 312 g/mol. The van der Waals surface area contributed by atoms with Crippen molar-refractivity contribution in [2.75, 3.05) is 18.1 Å². The van der Waals surface area contributed by atoms with E-state index in [0.717, 1.165) is 5.75 Å². The van der Waals surface area contributed by atoms with Crippen molar-refractivity contribution >= 4 is 17.7 Å². The molecule has 3 rings (SSSR count). The van der Waals surface area contributed by atoms with Gasteiger partial charge in [0, 0.05) is 17.8 Å². The Balaban J connectivity index is 1.65. The summed E-state index contributed by atoms with van der Waals surface area (Å²) < 4.78 is 11.3. The number of nitro groups is 1. The molecule has 2 aromatic carbocycles. The van der Waals surface area contributed by atoms with E-state index >= 15 is 0 Å². The van der Waals surface area contributed by atoms with Crippen molar-refractivity contribution in [3.05, 3.63) is 64.7 Å². The van der Waals surface area contributed by atoms with E-state index in [9.17, 15) is 14.9 Å². The van der Waals surface area contributed by atoms with Crippen molar-refractivity contribution in [3.63, 3.8) is 0 Å². The van der Waals surface area contributed by atoms with Crippen molar-refractivity contribution < 1.29 is 19.2 Å². The Kier molecular flexibility index (Phi) is 4.72. The van der Waals surface area contributed by atoms with Gasteiger partial charge < -0.3 is 14.4 Å². The minimum Gasteiger partial charge on any atom is -0.491 e. The van der Waals surface area contributed by atoms with Gasteiger partial charge in [-0.3, -0.25) is 14.9 Å². The molecule has 1 heterocycles. The van der Waals surface area contributed by atoms with E-state index < -0.39 is 11.2 Å². The Bertz CT molecular complexity index is 705. The maximum Gasteiger partial charge on any atom is 0.269 e. The topological polar surface area (TPSA) is 81.9 Å². The number of carbonyl (C=O) groups excluding carboxylic acids is 1. The van der Waals surface area contributed by atoms with Gasteiger partial charge >= 0.3 is 0 Å². The molecule has 0 amide bonds. The molecule has 7 heteroatoms. The number of ether oxygens (including phenoxy) is 2. The molecule has 1 fully saturated rings. The van der Waals surface area contributed by atoms with Crippen LogP contribution in [-0.2, 0) is 9.53 Å². The van der Waals surface area contributed by atoms with E-state index in [0.29, 0.717) is 25.1 Å². The van der Waals surface area contributed by atoms with Crippen LogP contribution in [0.15, 0.2) is 54.6 Å². The molecule has 2 aromatic rings. The van der Waals surface area contributed by atoms with Crippen LogP contribution in [-0.4, -0.2) is 36.7 Å². The standard InChI is InChI=1S/C17H16N2O5/c20-11-17-18(13-6-8-14(9-7-13)19(21)22)10-16(24-17)12-23-15-4-2-1-3-5-15/h1-9,11,16-17H,10,12H2. The van der Waals surface area contributed by atoms with Crippen molar-refractivity contribution in [3.8, 4) is 5.75 Å². The summed E-state index contributed by atoms with van der Waals surface area (Å²) in [5, 5.41) is 10.7. The molecule has 124 valence electrons. The van der Waals surface area contributed by atoms with E-state index in [1.54, 1.807) is 17.0 Å². The Morgan fingerprint density at radius 1 is 1.21 bits per heavy atom. The van der Waals surface area contributed by atoms with Gasteiger partial charge in [-0.25, -0.2) is 0 Å². The van der Waals surface area contributed by atoms with Crippen LogP contribution in [0.3, 0.4) is 0 Å². The highest BCUT2D eigenvalue weighted by Gasteiger charge is 2.33. The van der Waals surface area contributed by atoms with Crippen LogP contribution in [0.2, 0.25) is 0 Å². The fourth-order valence-corrected chi connectivity index (χ4v) is 2.56. The lowest BCUT2D eigenvalue weighted by atomic mass is 10.2. The Morgan fingerprint density at radius 3 is 2.54 bits per heavy atom. The molecule has 7 nitrogen and oxygen atoms in total. The zero-order valence-corrected chi connectivity index (χ0v) is 12.8. The number of benzene rings is 2. The highest BCUT2D eigenvalue weighted by molar-refractivity contribution is 5.66. The highest BCUT2D eigenvalue weighted by atomic mass is 16.6. The quantitative estimate of drug-likeness (QED) is 0.460. The number of rotatable bonds is 6. The average molecular weight is 328 g/mol. The van der Waals surface area contributed by atoms with Gasteiger partial charge in [0.1, 0.15) is 18.5 Å². The van der Waals surface area contributed by atoms with Crippen molar-refractivity contribution in [2.24, 2.45) is 0 Å². The molecule has 0 saturated carbocycles. The summed E-state index contributed by atoms with van der Waals surface area (Å²) in [4.78, 5) is 23.3. The number of non-ortho nitro benzene ring substituents is 1. The molecule has 0 spiro atoms. The number of carbonyl (C=O) groups is 1. The zero-order chi connectivity index (χ0) is 16.9. The number of anilines is 1. The number of aldehydes is 1. The highest BCUT2D eigenvalue weighted by Crippen LogP contribution is 2.26. The molecule has 0 aromatic heterocycles. The number of hydrogen-bond donors (Lipinski definition) is 0. The molecule has 1 saturated heterocycles. The smallest absolute Gasteiger partial charge is 0.269 e. The summed E-state index contributed by atoms with van der Waals surface area (Å²) in [6.45, 7) is 0.784. The number of nitro benzene ring substituents is 1. The molecule has 0 aliphatic carbocycles. The van der Waals surface area contributed by atoms with Gasteiger partial charge in [-0.15, -0.1) is 0 Å². The summed E-state index contributed by atoms with van der Waals surface area (Å²) >= 11 is 0. The predicted molar refractivity (Wildman–Crippen MR) is 87.1 cm³/mol. The lowest BCUT2D eigenvalue weighted by Gasteiger charge is -2.20. The molecule has 2 atom stereocenters. The molecule has 1 aliphatic rings. The fourth-order valence-electron chi connectivity index (χ4n) is 2.56. The van der Waals surface area contributed by atoms with Gasteiger partial charge in [-0.05, 0) is 24.3 Å². The van der Waals surface area contributed by atoms with Crippen molar-refractivity contribution in [1.82, 2.24) is 0 Å². The minimum absolute atomic E-state index is 0.00507. The molecular formula is C17H16N2O5. The van der Waals surface area contributed by atoms with Crippen LogP contribution in [0.5, 0.6) is 5.75 Å². The van der Waals surface area contributed by atoms with Crippen LogP contribution in [0.1, 0.15) is 0 Å². The van der Waals surface area contributed by atoms with Crippen molar-refractivity contribution in [1.29, 1.82) is 0 Å². The average Bonchev–Trinajstić information content (AvgIpc) is 3.04. The van der Waals surface area contributed by atoms with E-state index in [-0.39, 0.29) is 11.8 Å². The van der Waals surface area contributed by atoms with Gasteiger partial charge in [-0.1, -0.05) is 18.2 Å². The molecule has 24 heavy (non-hydrogen) atoms. The Hall–Kier alpha value is -2.93. The first kappa shape index (κ1) is 15.9. The van der Waals surface area contributed by atoms with E-state index in [1.165, 1.54) is 12.1 Å². The molecule has 0 N–H and O–H groups in total. The van der Waals surface area contributed by atoms with Crippen molar-refractivity contribution in [2.45, 2.75) is 12.3 Å². The predicted octanol–water partition coefficient (Wildman–Crippen LogP) is 2.40. The number of hydrogen-bond acceptors (Lipinski definition) is 6. The SMILES string of the molecule is O=CC1OC(COc2ccccc2)CN1c1ccc([N+](=O)[O-])cc1. The first-order valence-electron chi connectivity index (χ1n) is 7.47. The Morgan fingerprint density at radius 2 is 1.92 bits per heavy atom. The van der Waals surface area contributed by atoms with E-state index in [1.807, 2.05) is 30.3 Å². The van der Waals surface area contributed by atoms with Gasteiger partial charge in [0.05, 0.1) is 11.5 Å². The van der Waals surface area contributed by atoms with Gasteiger partial charge in [0.2, 0.25) is 0 Å². The summed E-state index contributed by atoms with van der Waals surface area (Å²) in [5.74, 6) is 0.734. The second-order valence-electron chi connectivity index (χ2n) is 5.33. The third-order valence-electron chi connectivity index (χ3n) is 3.73. The summed E-state index contributed by atoms with van der Waals surface area (Å²) in [6, 6.07) is 15.4. The minimum atomic E-state index is -0.726. The Labute approximate surface area is 138 Å². The summed E-state index contributed by atoms with van der Waals surface area (Å²) in [7, 11) is 0. The van der Waals surface area contributed by atoms with Crippen LogP contribution in [0, 0.1) is 10.1 Å². The molecule has 1 aliphatic heterocycles.